The monoisotopic (exact) mass is 1150 g/mol. The summed E-state index contributed by atoms with van der Waals surface area (Å²) in [6, 6.07) is 14.7. The Kier molecular flexibility index (Phi) is 22.4. The van der Waals surface area contributed by atoms with Crippen LogP contribution in [0.5, 0.6) is 11.8 Å². The molecule has 4 N–H and O–H groups in total. The predicted octanol–water partition coefficient (Wildman–Crippen LogP) is -7.71. The van der Waals surface area contributed by atoms with Crippen molar-refractivity contribution in [2.45, 2.75) is 21.6 Å². The molecule has 0 fully saturated rings. The van der Waals surface area contributed by atoms with Crippen LogP contribution in [0.4, 0.5) is 34.1 Å². The third-order valence-electron chi connectivity index (χ3n) is 9.02. The van der Waals surface area contributed by atoms with E-state index in [1.165, 1.54) is 37.3 Å². The molecular formula is C37H21Cl3N12Na4O14S3. The first-order chi connectivity index (χ1) is 32.3. The molecule has 0 bridgehead atoms. The summed E-state index contributed by atoms with van der Waals surface area (Å²) in [5.74, 6) is -4.97. The minimum Gasteiger partial charge on any atom is -0.857 e. The molecule has 0 aliphatic rings. The van der Waals surface area contributed by atoms with Crippen LogP contribution in [0.1, 0.15) is 26.5 Å². The Labute approximate surface area is 514 Å². The van der Waals surface area contributed by atoms with Gasteiger partial charge in [-0.25, -0.2) is 27.8 Å². The number of carboxylic acids is 1. The Bertz CT molecular complexity index is 3770. The normalized spacial score (nSPS) is 11.9. The van der Waals surface area contributed by atoms with Crippen molar-refractivity contribution < 1.29 is 182 Å². The number of carbonyl (C=O) groups is 2. The van der Waals surface area contributed by atoms with E-state index in [0.717, 1.165) is 59.3 Å². The van der Waals surface area contributed by atoms with E-state index in [1.54, 1.807) is 0 Å². The molecule has 3 heterocycles. The zero-order chi connectivity index (χ0) is 50.3. The number of anilines is 1. The molecule has 0 saturated heterocycles. The quantitative estimate of drug-likeness (QED) is 0.0274. The summed E-state index contributed by atoms with van der Waals surface area (Å²) >= 11 is 18.0. The SMILES string of the molecule is Cc1nn(-c2ccc(C(=O)Nc3ccc(S(=O)(=O)O)c(N=Nc4c(C(=O)[O-])nn(-c5ccc(S(=O)(=O)[O-])cc5)c4[O-])c3)cc2)c([O-])c1N=Nc1cc(N=c2[nH]c(Cl)nc(Cl)c2Cl)ccc1S(=O)(=O)O.[Na+].[Na+].[Na+].[Na+]. The molecule has 4 aromatic carbocycles. The first-order valence-corrected chi connectivity index (χ1v) is 23.7. The van der Waals surface area contributed by atoms with Crippen LogP contribution in [-0.2, 0) is 30.4 Å². The molecule has 0 aliphatic carbocycles. The second-order valence-corrected chi connectivity index (χ2v) is 18.8. The number of aryl methyl sites for hydroxylation is 1. The van der Waals surface area contributed by atoms with E-state index in [0.29, 0.717) is 4.68 Å². The summed E-state index contributed by atoms with van der Waals surface area (Å²) in [4.78, 5) is 33.4. The van der Waals surface area contributed by atoms with Gasteiger partial charge in [0.2, 0.25) is 5.28 Å². The number of hydrogen-bond acceptors (Lipinski definition) is 20. The number of aromatic amines is 1. The molecule has 0 saturated carbocycles. The van der Waals surface area contributed by atoms with Crippen molar-refractivity contribution in [3.63, 3.8) is 0 Å². The second kappa shape index (κ2) is 25.6. The maximum absolute atomic E-state index is 13.5. The number of nitrogens with one attached hydrogen (secondary N) is 2. The molecule has 0 radical (unpaired) electrons. The van der Waals surface area contributed by atoms with Crippen LogP contribution in [0.3, 0.4) is 0 Å². The maximum Gasteiger partial charge on any atom is 1.00 e. The second-order valence-electron chi connectivity index (χ2n) is 13.6. The van der Waals surface area contributed by atoms with Crippen LogP contribution in [-0.4, -0.2) is 80.3 Å². The third kappa shape index (κ3) is 14.9. The van der Waals surface area contributed by atoms with Crippen molar-refractivity contribution in [3.8, 4) is 23.1 Å². The van der Waals surface area contributed by atoms with Gasteiger partial charge in [0.1, 0.15) is 53.4 Å². The number of halogens is 3. The van der Waals surface area contributed by atoms with Crippen molar-refractivity contribution in [2.24, 2.45) is 25.4 Å². The number of H-pyrrole nitrogens is 1. The van der Waals surface area contributed by atoms with Gasteiger partial charge >= 0.3 is 118 Å². The summed E-state index contributed by atoms with van der Waals surface area (Å²) in [7, 11) is -14.8. The average molecular weight is 1150 g/mol. The van der Waals surface area contributed by atoms with E-state index in [4.69, 9.17) is 34.8 Å². The van der Waals surface area contributed by atoms with Gasteiger partial charge in [0.05, 0.1) is 33.6 Å². The minimum atomic E-state index is -5.07. The van der Waals surface area contributed by atoms with Crippen molar-refractivity contribution >= 4 is 111 Å². The van der Waals surface area contributed by atoms with Crippen LogP contribution in [0.25, 0.3) is 11.4 Å². The molecule has 356 valence electrons. The summed E-state index contributed by atoms with van der Waals surface area (Å²) in [5.41, 5.74) is -3.95. The van der Waals surface area contributed by atoms with E-state index < -0.39 is 91.4 Å². The predicted molar refractivity (Wildman–Crippen MR) is 231 cm³/mol. The summed E-state index contributed by atoms with van der Waals surface area (Å²) in [6.07, 6.45) is 0. The number of hydrogen-bond donors (Lipinski definition) is 4. The Balaban J connectivity index is 0.00000352. The van der Waals surface area contributed by atoms with Gasteiger partial charge in [0.25, 0.3) is 26.1 Å². The zero-order valence-corrected chi connectivity index (χ0v) is 50.4. The first kappa shape index (κ1) is 63.8. The van der Waals surface area contributed by atoms with Gasteiger partial charge in [-0.05, 0) is 103 Å². The Morgan fingerprint density at radius 3 is 1.75 bits per heavy atom. The molecule has 1 amide bonds. The Morgan fingerprint density at radius 1 is 0.699 bits per heavy atom. The smallest absolute Gasteiger partial charge is 0.857 e. The molecule has 7 aromatic rings. The number of amides is 1. The molecule has 73 heavy (non-hydrogen) atoms. The summed E-state index contributed by atoms with van der Waals surface area (Å²) < 4.78 is 104. The van der Waals surface area contributed by atoms with Gasteiger partial charge in [-0.15, -0.1) is 20.5 Å². The molecular weight excluding hydrogens is 1130 g/mol. The number of benzene rings is 4. The third-order valence-corrected chi connectivity index (χ3v) is 12.6. The van der Waals surface area contributed by atoms with E-state index in [9.17, 15) is 63.8 Å². The average Bonchev–Trinajstić information content (AvgIpc) is 3.76. The topological polar surface area (TPSA) is 407 Å². The molecule has 26 nitrogen and oxygen atoms in total. The summed E-state index contributed by atoms with van der Waals surface area (Å²) in [5, 5.41) is 63.2. The molecule has 7 rings (SSSR count). The van der Waals surface area contributed by atoms with Crippen molar-refractivity contribution in [1.29, 1.82) is 0 Å². The van der Waals surface area contributed by atoms with Crippen LogP contribution in [0.15, 0.2) is 125 Å². The fourth-order valence-corrected chi connectivity index (χ4v) is 8.09. The number of carbonyl (C=O) groups excluding carboxylic acids is 2. The largest absolute Gasteiger partial charge is 1.00 e. The van der Waals surface area contributed by atoms with Crippen molar-refractivity contribution in [2.75, 3.05) is 5.32 Å². The van der Waals surface area contributed by atoms with Crippen LogP contribution in [0.2, 0.25) is 15.5 Å². The van der Waals surface area contributed by atoms with E-state index >= 15 is 0 Å². The van der Waals surface area contributed by atoms with Crippen LogP contribution < -0.4 is 144 Å². The maximum atomic E-state index is 13.5. The number of aromatic nitrogens is 6. The van der Waals surface area contributed by atoms with Gasteiger partial charge in [0.15, 0.2) is 10.6 Å². The van der Waals surface area contributed by atoms with Crippen molar-refractivity contribution in [1.82, 2.24) is 29.5 Å². The van der Waals surface area contributed by atoms with Gasteiger partial charge in [-0.1, -0.05) is 23.2 Å². The van der Waals surface area contributed by atoms with Crippen LogP contribution >= 0.6 is 34.8 Å². The van der Waals surface area contributed by atoms with Gasteiger partial charge in [0, 0.05) is 23.0 Å². The number of aromatic carboxylic acids is 1. The first-order valence-electron chi connectivity index (χ1n) is 18.3. The minimum absolute atomic E-state index is 0. The van der Waals surface area contributed by atoms with Gasteiger partial charge in [-0.2, -0.15) is 27.0 Å². The van der Waals surface area contributed by atoms with Crippen LogP contribution in [0, 0.1) is 6.92 Å². The molecule has 0 atom stereocenters. The number of azo groups is 2. The fourth-order valence-electron chi connectivity index (χ4n) is 5.89. The van der Waals surface area contributed by atoms with Crippen molar-refractivity contribution in [3.05, 3.63) is 123 Å². The molecule has 36 heteroatoms. The molecule has 0 unspecified atom stereocenters. The molecule has 0 aliphatic heterocycles. The Morgan fingerprint density at radius 2 is 1.21 bits per heavy atom. The van der Waals surface area contributed by atoms with E-state index in [1.807, 2.05) is 0 Å². The fraction of sp³-hybridized carbons (Fsp3) is 0.0270. The summed E-state index contributed by atoms with van der Waals surface area (Å²) in [6.45, 7) is 1.39. The number of nitrogens with zero attached hydrogens (tertiary/aromatic N) is 10. The number of carboxylic acid groups (broad SMARTS) is 1. The molecule has 0 spiro atoms. The zero-order valence-electron chi connectivity index (χ0n) is 37.7. The standard InChI is InChI=1S/C37H25Cl3N12O14S3.4Na/c1-16-28(47-45-23-14-18(4-12-25(23)68(61,62)63)41-32-27(38)31(39)43-37(40)44-32)34(54)51(49-16)20-6-2-17(3-7-20)33(53)42-19-5-13-26(69(64,65)66)24(15-19)46-48-29-30(36(56)57)50-52(35(29)55)21-8-10-22(11-9-21)67(58,59)60;;;;/h2-15,54-55H,1H3,(H,42,53)(H,56,57)(H,41,43,44)(H,58,59,60)(H,61,62,63)(H,64,65,66);;;;/q;4*+1/p-4. The van der Waals surface area contributed by atoms with E-state index in [-0.39, 0.29) is 179 Å². The Hall–Kier alpha value is -3.48. The van der Waals surface area contributed by atoms with E-state index in [2.05, 4.69) is 50.9 Å². The number of rotatable bonds is 13. The van der Waals surface area contributed by atoms with Gasteiger partial charge < -0.3 is 35.0 Å². The molecule has 3 aromatic heterocycles. The van der Waals surface area contributed by atoms with Gasteiger partial charge in [-0.3, -0.25) is 13.9 Å².